The van der Waals surface area contributed by atoms with Crippen molar-refractivity contribution in [3.05, 3.63) is 38.7 Å². The van der Waals surface area contributed by atoms with Crippen LogP contribution in [-0.2, 0) is 4.74 Å². The number of ether oxygens (including phenoxy) is 1. The number of nitrogen functional groups attached to an aromatic ring is 1. The van der Waals surface area contributed by atoms with Gasteiger partial charge in [0.1, 0.15) is 5.82 Å². The molecule has 1 aromatic heterocycles. The standard InChI is InChI=1S/C12H12N2O2S2/c1-7-4-3-5-8(6-7)14-10(13)9(11(15)16-2)18-12(14)17/h3-6H,13H2,1-2H3. The average molecular weight is 280 g/mol. The van der Waals surface area contributed by atoms with Crippen LogP contribution in [0.3, 0.4) is 0 Å². The predicted octanol–water partition coefficient (Wildman–Crippen LogP) is 2.95. The van der Waals surface area contributed by atoms with E-state index in [0.717, 1.165) is 22.6 Å². The molecule has 0 bridgehead atoms. The van der Waals surface area contributed by atoms with Crippen LogP contribution in [-0.4, -0.2) is 17.6 Å². The van der Waals surface area contributed by atoms with Gasteiger partial charge in [0.05, 0.1) is 7.11 Å². The molecule has 94 valence electrons. The fourth-order valence-electron chi connectivity index (χ4n) is 1.64. The number of anilines is 1. The zero-order chi connectivity index (χ0) is 13.3. The van der Waals surface area contributed by atoms with Crippen LogP contribution in [0.2, 0.25) is 0 Å². The Hall–Kier alpha value is -1.66. The molecule has 4 nitrogen and oxygen atoms in total. The Bertz CT molecular complexity index is 658. The highest BCUT2D eigenvalue weighted by Crippen LogP contribution is 2.27. The number of methoxy groups -OCH3 is 1. The van der Waals surface area contributed by atoms with E-state index in [0.29, 0.717) is 14.6 Å². The van der Waals surface area contributed by atoms with E-state index in [4.69, 9.17) is 18.0 Å². The van der Waals surface area contributed by atoms with E-state index >= 15 is 0 Å². The normalized spacial score (nSPS) is 10.3. The van der Waals surface area contributed by atoms with Crippen molar-refractivity contribution in [1.29, 1.82) is 0 Å². The van der Waals surface area contributed by atoms with E-state index in [-0.39, 0.29) is 0 Å². The summed E-state index contributed by atoms with van der Waals surface area (Å²) >= 11 is 6.40. The van der Waals surface area contributed by atoms with E-state index in [2.05, 4.69) is 4.74 Å². The van der Waals surface area contributed by atoms with Crippen LogP contribution < -0.4 is 5.73 Å². The Balaban J connectivity index is 2.63. The lowest BCUT2D eigenvalue weighted by Crippen LogP contribution is -2.06. The van der Waals surface area contributed by atoms with Gasteiger partial charge >= 0.3 is 5.97 Å². The highest BCUT2D eigenvalue weighted by molar-refractivity contribution is 7.73. The Labute approximate surface area is 114 Å². The van der Waals surface area contributed by atoms with Crippen molar-refractivity contribution < 1.29 is 9.53 Å². The SMILES string of the molecule is COC(=O)c1sc(=S)n(-c2cccc(C)c2)c1N. The number of esters is 1. The monoisotopic (exact) mass is 280 g/mol. The third-order valence-corrected chi connectivity index (χ3v) is 3.85. The highest BCUT2D eigenvalue weighted by atomic mass is 32.1. The maximum atomic E-state index is 11.5. The van der Waals surface area contributed by atoms with Gasteiger partial charge in [-0.1, -0.05) is 23.5 Å². The fourth-order valence-corrected chi connectivity index (χ4v) is 2.92. The molecule has 0 spiro atoms. The molecule has 0 saturated carbocycles. The van der Waals surface area contributed by atoms with Gasteiger partial charge in [0.2, 0.25) is 0 Å². The summed E-state index contributed by atoms with van der Waals surface area (Å²) in [6.07, 6.45) is 0. The number of nitrogens with two attached hydrogens (primary N) is 1. The van der Waals surface area contributed by atoms with Crippen LogP contribution in [0.25, 0.3) is 5.69 Å². The smallest absolute Gasteiger partial charge is 0.351 e. The van der Waals surface area contributed by atoms with Gasteiger partial charge in [0.25, 0.3) is 0 Å². The van der Waals surface area contributed by atoms with Gasteiger partial charge in [-0.15, -0.1) is 0 Å². The molecule has 0 aliphatic heterocycles. The minimum absolute atomic E-state index is 0.322. The number of carbonyl (C=O) groups excluding carboxylic acids is 1. The Morgan fingerprint density at radius 3 is 2.83 bits per heavy atom. The second kappa shape index (κ2) is 4.91. The maximum Gasteiger partial charge on any atom is 0.351 e. The minimum atomic E-state index is -0.463. The van der Waals surface area contributed by atoms with Gasteiger partial charge in [-0.2, -0.15) is 0 Å². The topological polar surface area (TPSA) is 57.2 Å². The third kappa shape index (κ3) is 2.16. The lowest BCUT2D eigenvalue weighted by Gasteiger charge is -2.06. The first kappa shape index (κ1) is 12.8. The summed E-state index contributed by atoms with van der Waals surface area (Å²) in [5, 5.41) is 0. The number of nitrogens with zero attached hydrogens (tertiary/aromatic N) is 1. The molecule has 0 atom stereocenters. The van der Waals surface area contributed by atoms with E-state index < -0.39 is 5.97 Å². The van der Waals surface area contributed by atoms with E-state index in [9.17, 15) is 4.79 Å². The summed E-state index contributed by atoms with van der Waals surface area (Å²) in [6, 6.07) is 7.76. The largest absolute Gasteiger partial charge is 0.465 e. The summed E-state index contributed by atoms with van der Waals surface area (Å²) in [5.74, 6) is -0.141. The van der Waals surface area contributed by atoms with Crippen molar-refractivity contribution in [2.75, 3.05) is 12.8 Å². The molecular weight excluding hydrogens is 268 g/mol. The second-order valence-corrected chi connectivity index (χ2v) is 5.39. The molecule has 2 rings (SSSR count). The van der Waals surface area contributed by atoms with Crippen LogP contribution in [0.15, 0.2) is 24.3 Å². The zero-order valence-corrected chi connectivity index (χ0v) is 11.6. The zero-order valence-electron chi connectivity index (χ0n) is 9.97. The predicted molar refractivity (Wildman–Crippen MR) is 75.0 cm³/mol. The van der Waals surface area contributed by atoms with E-state index in [1.807, 2.05) is 31.2 Å². The van der Waals surface area contributed by atoms with Crippen molar-refractivity contribution in [2.45, 2.75) is 6.92 Å². The molecule has 1 heterocycles. The highest BCUT2D eigenvalue weighted by Gasteiger charge is 2.18. The van der Waals surface area contributed by atoms with Crippen LogP contribution in [0.5, 0.6) is 0 Å². The first-order valence-electron chi connectivity index (χ1n) is 5.21. The number of rotatable bonds is 2. The van der Waals surface area contributed by atoms with Crippen molar-refractivity contribution in [2.24, 2.45) is 0 Å². The molecule has 0 fully saturated rings. The van der Waals surface area contributed by atoms with E-state index in [1.54, 1.807) is 4.57 Å². The van der Waals surface area contributed by atoms with Gasteiger partial charge in [-0.3, -0.25) is 4.57 Å². The number of aromatic nitrogens is 1. The summed E-state index contributed by atoms with van der Waals surface area (Å²) < 4.78 is 6.88. The lowest BCUT2D eigenvalue weighted by molar-refractivity contribution is 0.0607. The molecule has 0 radical (unpaired) electrons. The quantitative estimate of drug-likeness (QED) is 0.679. The van der Waals surface area contributed by atoms with Crippen molar-refractivity contribution in [3.8, 4) is 5.69 Å². The first-order chi connectivity index (χ1) is 8.54. The van der Waals surface area contributed by atoms with Crippen molar-refractivity contribution in [1.82, 2.24) is 4.57 Å². The second-order valence-electron chi connectivity index (χ2n) is 3.75. The van der Waals surface area contributed by atoms with Crippen molar-refractivity contribution in [3.63, 3.8) is 0 Å². The molecule has 1 aromatic carbocycles. The first-order valence-corrected chi connectivity index (χ1v) is 6.43. The summed E-state index contributed by atoms with van der Waals surface area (Å²) in [7, 11) is 1.32. The Morgan fingerprint density at radius 2 is 2.22 bits per heavy atom. The molecular formula is C12H12N2O2S2. The Kier molecular flexibility index (Phi) is 3.49. The van der Waals surface area contributed by atoms with Gasteiger partial charge in [-0.05, 0) is 36.8 Å². The fraction of sp³-hybridized carbons (Fsp3) is 0.167. The third-order valence-electron chi connectivity index (χ3n) is 2.48. The molecule has 0 saturated heterocycles. The maximum absolute atomic E-state index is 11.5. The van der Waals surface area contributed by atoms with Crippen LogP contribution in [0.1, 0.15) is 15.2 Å². The van der Waals surface area contributed by atoms with E-state index in [1.165, 1.54) is 7.11 Å². The molecule has 2 N–H and O–H groups in total. The number of carbonyl (C=O) groups is 1. The number of benzene rings is 1. The molecule has 0 unspecified atom stereocenters. The summed E-state index contributed by atoms with van der Waals surface area (Å²) in [6.45, 7) is 1.98. The number of thiazole rings is 1. The van der Waals surface area contributed by atoms with Gasteiger partial charge in [-0.25, -0.2) is 4.79 Å². The molecule has 6 heteroatoms. The number of hydrogen-bond acceptors (Lipinski definition) is 5. The molecule has 0 aliphatic rings. The summed E-state index contributed by atoms with van der Waals surface area (Å²) in [5.41, 5.74) is 7.92. The van der Waals surface area contributed by atoms with Crippen LogP contribution in [0, 0.1) is 10.9 Å². The van der Waals surface area contributed by atoms with Gasteiger partial charge in [0, 0.05) is 5.69 Å². The average Bonchev–Trinajstić information content (AvgIpc) is 2.64. The van der Waals surface area contributed by atoms with Gasteiger partial charge < -0.3 is 10.5 Å². The van der Waals surface area contributed by atoms with Gasteiger partial charge in [0.15, 0.2) is 8.83 Å². The number of hydrogen-bond donors (Lipinski definition) is 1. The lowest BCUT2D eigenvalue weighted by atomic mass is 10.2. The Morgan fingerprint density at radius 1 is 1.50 bits per heavy atom. The minimum Gasteiger partial charge on any atom is -0.465 e. The number of aryl methyl sites for hydroxylation is 1. The molecule has 2 aromatic rings. The van der Waals surface area contributed by atoms with Crippen LogP contribution >= 0.6 is 23.6 Å². The molecule has 0 aliphatic carbocycles. The van der Waals surface area contributed by atoms with Crippen LogP contribution in [0.4, 0.5) is 5.82 Å². The summed E-state index contributed by atoms with van der Waals surface area (Å²) in [4.78, 5) is 11.9. The van der Waals surface area contributed by atoms with Crippen molar-refractivity contribution >= 4 is 35.3 Å². The molecule has 0 amide bonds. The molecule has 18 heavy (non-hydrogen) atoms.